The molecule has 0 spiro atoms. The Morgan fingerprint density at radius 2 is 1.44 bits per heavy atom. The summed E-state index contributed by atoms with van der Waals surface area (Å²) in [6, 6.07) is 1.74. The fourth-order valence-corrected chi connectivity index (χ4v) is 4.95. The van der Waals surface area contributed by atoms with Crippen molar-refractivity contribution in [1.29, 1.82) is 0 Å². The molecule has 0 aromatic heterocycles. The van der Waals surface area contributed by atoms with Gasteiger partial charge in [0.2, 0.25) is 5.91 Å². The van der Waals surface area contributed by atoms with E-state index in [0.29, 0.717) is 25.0 Å². The van der Waals surface area contributed by atoms with Gasteiger partial charge in [-0.1, -0.05) is 0 Å². The molecule has 2 aromatic rings. The van der Waals surface area contributed by atoms with E-state index in [1.165, 1.54) is 4.90 Å². The zero-order valence-corrected chi connectivity index (χ0v) is 21.7. The normalized spacial score (nSPS) is 19.7. The van der Waals surface area contributed by atoms with Crippen molar-refractivity contribution in [3.63, 3.8) is 0 Å². The fraction of sp³-hybridized carbons (Fsp3) is 0.481. The summed E-state index contributed by atoms with van der Waals surface area (Å²) >= 11 is 0. The Kier molecular flexibility index (Phi) is 8.00. The Bertz CT molecular complexity index is 1280. The highest BCUT2D eigenvalue weighted by Gasteiger charge is 2.46. The molecule has 1 heterocycles. The summed E-state index contributed by atoms with van der Waals surface area (Å²) in [6.07, 6.45) is -15.8. The number of anilines is 1. The van der Waals surface area contributed by atoms with Crippen LogP contribution in [0.2, 0.25) is 0 Å². The first-order valence-corrected chi connectivity index (χ1v) is 12.6. The van der Waals surface area contributed by atoms with E-state index in [2.05, 4.69) is 5.32 Å². The van der Waals surface area contributed by atoms with Crippen molar-refractivity contribution in [2.75, 3.05) is 4.90 Å². The van der Waals surface area contributed by atoms with Gasteiger partial charge in [0.05, 0.1) is 40.9 Å². The lowest BCUT2D eigenvalue weighted by molar-refractivity contribution is -0.143. The maximum Gasteiger partial charge on any atom is 0.416 e. The molecule has 2 amide bonds. The molecule has 1 saturated carbocycles. The second-order valence-corrected chi connectivity index (χ2v) is 10.4. The van der Waals surface area contributed by atoms with Crippen LogP contribution in [0.4, 0.5) is 50.0 Å². The average Bonchev–Trinajstić information content (AvgIpc) is 3.66. The highest BCUT2D eigenvalue weighted by molar-refractivity contribution is 5.91. The molecule has 0 bridgehead atoms. The van der Waals surface area contributed by atoms with Crippen LogP contribution in [0, 0.1) is 5.92 Å². The van der Waals surface area contributed by atoms with Crippen molar-refractivity contribution in [2.24, 2.45) is 5.92 Å². The lowest BCUT2D eigenvalue weighted by Crippen LogP contribution is -2.49. The third-order valence-electron chi connectivity index (χ3n) is 6.85. The molecule has 41 heavy (non-hydrogen) atoms. The van der Waals surface area contributed by atoms with Gasteiger partial charge in [0.15, 0.2) is 0 Å². The fourth-order valence-electron chi connectivity index (χ4n) is 4.95. The van der Waals surface area contributed by atoms with Crippen LogP contribution in [-0.2, 0) is 34.5 Å². The molecule has 4 rings (SSSR count). The van der Waals surface area contributed by atoms with Gasteiger partial charge < -0.3 is 10.1 Å². The van der Waals surface area contributed by atoms with Crippen molar-refractivity contribution >= 4 is 17.7 Å². The van der Waals surface area contributed by atoms with Crippen molar-refractivity contribution in [3.8, 4) is 0 Å². The third-order valence-corrected chi connectivity index (χ3v) is 6.85. The summed E-state index contributed by atoms with van der Waals surface area (Å²) in [4.78, 5) is 27.2. The van der Waals surface area contributed by atoms with Crippen LogP contribution >= 0.6 is 0 Å². The minimum Gasteiger partial charge on any atom is -0.446 e. The number of ether oxygens (including phenoxy) is 1. The topological polar surface area (TPSA) is 58.6 Å². The largest absolute Gasteiger partial charge is 0.446 e. The van der Waals surface area contributed by atoms with E-state index >= 15 is 0 Å². The number of halogens is 9. The quantitative estimate of drug-likeness (QED) is 0.361. The summed E-state index contributed by atoms with van der Waals surface area (Å²) in [7, 11) is 0. The molecule has 2 aromatic carbocycles. The number of benzene rings is 2. The first kappa shape index (κ1) is 30.5. The zero-order valence-electron chi connectivity index (χ0n) is 21.7. The minimum atomic E-state index is -5.12. The number of fused-ring (bicyclic) bond motifs is 1. The van der Waals surface area contributed by atoms with Gasteiger partial charge in [0, 0.05) is 6.04 Å². The highest BCUT2D eigenvalue weighted by Crippen LogP contribution is 2.48. The average molecular weight is 596 g/mol. The molecule has 1 aliphatic carbocycles. The second-order valence-electron chi connectivity index (χ2n) is 10.4. The molecule has 1 fully saturated rings. The molecule has 2 aliphatic rings. The van der Waals surface area contributed by atoms with Gasteiger partial charge in [0.25, 0.3) is 0 Å². The molecular weight excluding hydrogens is 571 g/mol. The van der Waals surface area contributed by atoms with Crippen LogP contribution in [0.5, 0.6) is 0 Å². The molecule has 2 atom stereocenters. The number of hydrogen-bond acceptors (Lipinski definition) is 3. The number of nitrogens with zero attached hydrogens (tertiary/aromatic N) is 1. The minimum absolute atomic E-state index is 0.0334. The van der Waals surface area contributed by atoms with Crippen LogP contribution in [0.15, 0.2) is 36.4 Å². The number of rotatable bonds is 5. The Labute approximate surface area is 228 Å². The Morgan fingerprint density at radius 1 is 0.878 bits per heavy atom. The number of amides is 2. The predicted molar refractivity (Wildman–Crippen MR) is 128 cm³/mol. The lowest BCUT2D eigenvalue weighted by Gasteiger charge is -2.41. The van der Waals surface area contributed by atoms with Crippen LogP contribution in [-0.4, -0.2) is 24.1 Å². The van der Waals surface area contributed by atoms with Crippen LogP contribution in [0.3, 0.4) is 0 Å². The Morgan fingerprint density at radius 3 is 1.93 bits per heavy atom. The Hall–Kier alpha value is -3.45. The SMILES string of the molecule is CC(C)OC(=O)N1c2ccc(C(F)(F)F)cc2C(NC(=O)Cc2cc(C(F)(F)F)cc(C(F)(F)F)c2)CC1C1CC1. The van der Waals surface area contributed by atoms with E-state index in [1.54, 1.807) is 13.8 Å². The number of carbonyl (C=O) groups is 2. The maximum absolute atomic E-state index is 13.6. The van der Waals surface area contributed by atoms with Gasteiger partial charge in [-0.25, -0.2) is 4.79 Å². The molecule has 5 nitrogen and oxygen atoms in total. The van der Waals surface area contributed by atoms with Gasteiger partial charge in [0.1, 0.15) is 0 Å². The monoisotopic (exact) mass is 596 g/mol. The molecule has 0 saturated heterocycles. The van der Waals surface area contributed by atoms with Crippen molar-refractivity contribution in [2.45, 2.75) is 76.2 Å². The summed E-state index contributed by atoms with van der Waals surface area (Å²) in [6.45, 7) is 3.20. The third kappa shape index (κ3) is 7.07. The van der Waals surface area contributed by atoms with Crippen molar-refractivity contribution in [3.05, 3.63) is 64.2 Å². The van der Waals surface area contributed by atoms with Crippen molar-refractivity contribution in [1.82, 2.24) is 5.32 Å². The standard InChI is InChI=1S/C27H25F9N2O3/c1-13(2)41-24(40)38-21-6-5-16(25(28,29)30)11-19(21)20(12-22(38)15-3-4-15)37-23(39)9-14-7-17(26(31,32)33)10-18(8-14)27(34,35)36/h5-8,10-11,13,15,20,22H,3-4,9,12H2,1-2H3,(H,37,39). The van der Waals surface area contributed by atoms with Gasteiger partial charge in [-0.15, -0.1) is 0 Å². The summed E-state index contributed by atoms with van der Waals surface area (Å²) < 4.78 is 126. The van der Waals surface area contributed by atoms with Crippen LogP contribution < -0.4 is 10.2 Å². The number of nitrogens with one attached hydrogen (secondary N) is 1. The molecule has 224 valence electrons. The highest BCUT2D eigenvalue weighted by atomic mass is 19.4. The second kappa shape index (κ2) is 10.8. The molecule has 1 aliphatic heterocycles. The summed E-state index contributed by atoms with van der Waals surface area (Å²) in [5, 5.41) is 2.48. The van der Waals surface area contributed by atoms with Gasteiger partial charge in [-0.2, -0.15) is 39.5 Å². The predicted octanol–water partition coefficient (Wildman–Crippen LogP) is 7.68. The smallest absolute Gasteiger partial charge is 0.416 e. The van der Waals surface area contributed by atoms with E-state index in [-0.39, 0.29) is 29.7 Å². The van der Waals surface area contributed by atoms with Gasteiger partial charge >= 0.3 is 24.6 Å². The van der Waals surface area contributed by atoms with Gasteiger partial charge in [-0.3, -0.25) is 9.69 Å². The van der Waals surface area contributed by atoms with E-state index in [1.807, 2.05) is 0 Å². The van der Waals surface area contributed by atoms with E-state index in [9.17, 15) is 49.1 Å². The number of hydrogen-bond donors (Lipinski definition) is 1. The summed E-state index contributed by atoms with van der Waals surface area (Å²) in [5.74, 6) is -1.04. The molecule has 2 unspecified atom stereocenters. The van der Waals surface area contributed by atoms with Gasteiger partial charge in [-0.05, 0) is 86.6 Å². The number of alkyl halides is 9. The summed E-state index contributed by atoms with van der Waals surface area (Å²) in [5.41, 5.74) is -4.85. The Balaban J connectivity index is 1.69. The number of carbonyl (C=O) groups excluding carboxylic acids is 2. The molecule has 0 radical (unpaired) electrons. The van der Waals surface area contributed by atoms with E-state index < -0.39 is 77.4 Å². The lowest BCUT2D eigenvalue weighted by atomic mass is 9.87. The maximum atomic E-state index is 13.6. The first-order chi connectivity index (χ1) is 18.8. The van der Waals surface area contributed by atoms with Crippen LogP contribution in [0.25, 0.3) is 0 Å². The van der Waals surface area contributed by atoms with E-state index in [0.717, 1.165) is 18.2 Å². The molecular formula is C27H25F9N2O3. The molecule has 1 N–H and O–H groups in total. The first-order valence-electron chi connectivity index (χ1n) is 12.6. The van der Waals surface area contributed by atoms with Crippen LogP contribution in [0.1, 0.15) is 67.0 Å². The zero-order chi connectivity index (χ0) is 30.5. The van der Waals surface area contributed by atoms with Crippen molar-refractivity contribution < 1.29 is 53.8 Å². The molecule has 14 heteroatoms. The van der Waals surface area contributed by atoms with E-state index in [4.69, 9.17) is 4.74 Å².